The Kier molecular flexibility index (Phi) is 4.99. The van der Waals surface area contributed by atoms with Gasteiger partial charge in [-0.15, -0.1) is 0 Å². The molecule has 0 aliphatic carbocycles. The van der Waals surface area contributed by atoms with Crippen LogP contribution in [0.2, 0.25) is 13.1 Å². The van der Waals surface area contributed by atoms with Crippen molar-refractivity contribution in [1.82, 2.24) is 0 Å². The van der Waals surface area contributed by atoms with Crippen molar-refractivity contribution in [3.05, 3.63) is 86.0 Å². The first-order valence-electron chi connectivity index (χ1n) is 7.65. The van der Waals surface area contributed by atoms with Crippen LogP contribution in [0.5, 0.6) is 0 Å². The molecule has 3 aromatic carbocycles. The van der Waals surface area contributed by atoms with E-state index in [0.29, 0.717) is 0 Å². The van der Waals surface area contributed by atoms with Gasteiger partial charge in [-0.1, -0.05) is 0 Å². The molecule has 0 saturated carbocycles. The van der Waals surface area contributed by atoms with Crippen molar-refractivity contribution in [2.45, 2.75) is 13.1 Å². The minimum atomic E-state index is -2.21. The molecule has 0 amide bonds. The molecule has 0 bridgehead atoms. The number of hydrogen-bond donors (Lipinski definition) is 1. The van der Waals surface area contributed by atoms with Crippen LogP contribution < -0.4 is 26.4 Å². The van der Waals surface area contributed by atoms with Crippen molar-refractivity contribution in [2.75, 3.05) is 0 Å². The zero-order valence-electron chi connectivity index (χ0n) is 13.3. The van der Waals surface area contributed by atoms with Crippen molar-refractivity contribution >= 4 is 13.5 Å². The van der Waals surface area contributed by atoms with E-state index in [-0.39, 0.29) is 21.2 Å². The van der Waals surface area contributed by atoms with Crippen molar-refractivity contribution in [2.24, 2.45) is 0 Å². The van der Waals surface area contributed by atoms with Crippen molar-refractivity contribution in [1.29, 1.82) is 0 Å². The zero-order valence-corrected chi connectivity index (χ0v) is 16.5. The third kappa shape index (κ3) is 4.31. The number of hydrogen-bond acceptors (Lipinski definition) is 1. The molecule has 0 unspecified atom stereocenters. The maximum absolute atomic E-state index is 10.2. The summed E-state index contributed by atoms with van der Waals surface area (Å²) in [4.78, 5) is 10.2. The van der Waals surface area contributed by atoms with Crippen LogP contribution in [0.15, 0.2) is 78.9 Å². The average Bonchev–Trinajstić information content (AvgIpc) is 2.56. The van der Waals surface area contributed by atoms with Gasteiger partial charge in [-0.2, -0.15) is 0 Å². The van der Waals surface area contributed by atoms with Crippen LogP contribution in [-0.2, 0) is 0 Å². The Labute approximate surface area is 149 Å². The third-order valence-corrected chi connectivity index (χ3v) is 8.15. The van der Waals surface area contributed by atoms with Gasteiger partial charge in [-0.3, -0.25) is 0 Å². The van der Waals surface area contributed by atoms with Crippen LogP contribution in [0.1, 0.15) is 0 Å². The Hall–Kier alpha value is -1.43. The van der Waals surface area contributed by atoms with E-state index in [4.69, 9.17) is 0 Å². The van der Waals surface area contributed by atoms with Crippen LogP contribution in [0, 0.1) is 7.14 Å². The van der Waals surface area contributed by atoms with E-state index in [1.807, 2.05) is 13.1 Å². The zero-order chi connectivity index (χ0) is 16.3. The van der Waals surface area contributed by atoms with Crippen molar-refractivity contribution < 1.29 is 26.0 Å². The van der Waals surface area contributed by atoms with Gasteiger partial charge in [-0.25, -0.2) is 0 Å². The molecule has 23 heavy (non-hydrogen) atoms. The molecule has 0 fully saturated rings. The summed E-state index contributed by atoms with van der Waals surface area (Å²) in [5, 5.41) is 1.08. The van der Waals surface area contributed by atoms with Gasteiger partial charge < -0.3 is 0 Å². The summed E-state index contributed by atoms with van der Waals surface area (Å²) in [6.07, 6.45) is 0. The molecule has 0 heterocycles. The molecular formula is C20H20IOSi-. The van der Waals surface area contributed by atoms with E-state index in [2.05, 4.69) is 78.9 Å². The molecule has 1 N–H and O–H groups in total. The van der Waals surface area contributed by atoms with Crippen LogP contribution in [-0.4, -0.2) is 13.1 Å². The molecule has 118 valence electrons. The van der Waals surface area contributed by atoms with Gasteiger partial charge in [0.15, 0.2) is 0 Å². The van der Waals surface area contributed by atoms with Gasteiger partial charge in [-0.05, 0) is 0 Å². The van der Waals surface area contributed by atoms with E-state index in [9.17, 15) is 4.80 Å². The molecular weight excluding hydrogens is 411 g/mol. The van der Waals surface area contributed by atoms with E-state index in [1.54, 1.807) is 0 Å². The van der Waals surface area contributed by atoms with Gasteiger partial charge in [0.2, 0.25) is 0 Å². The molecule has 0 spiro atoms. The number of halogens is 1. The summed E-state index contributed by atoms with van der Waals surface area (Å²) in [5.74, 6) is 0. The third-order valence-electron chi connectivity index (χ3n) is 3.72. The topological polar surface area (TPSA) is 20.2 Å². The Bertz CT molecular complexity index is 759. The quantitative estimate of drug-likeness (QED) is 0.481. The fourth-order valence-electron chi connectivity index (χ4n) is 2.38. The van der Waals surface area contributed by atoms with Crippen molar-refractivity contribution in [3.63, 3.8) is 0 Å². The molecule has 0 aromatic heterocycles. The molecule has 0 saturated heterocycles. The Morgan fingerprint density at radius 2 is 1.13 bits per heavy atom. The first kappa shape index (κ1) is 16.4. The monoisotopic (exact) mass is 431 g/mol. The summed E-state index contributed by atoms with van der Waals surface area (Å²) in [6, 6.07) is 27.9. The minimum absolute atomic E-state index is 0.103. The standard InChI is InChI=1S/C20H20IOSi/c1-23(2,22)20-14-10-17(11-15-20)16-8-12-19(13-9-16)21-18-6-4-3-5-7-18/h3-15,22H,1-2H3/q-1. The Morgan fingerprint density at radius 1 is 0.652 bits per heavy atom. The SMILES string of the molecule is C[Si](C)(O)c1ccc(-c2ccc([I-]c3ccccc3)cc2)cc1. The Morgan fingerprint density at radius 3 is 1.65 bits per heavy atom. The maximum atomic E-state index is 10.2. The fourth-order valence-corrected chi connectivity index (χ4v) is 5.58. The van der Waals surface area contributed by atoms with E-state index in [1.165, 1.54) is 18.3 Å². The molecule has 0 aliphatic rings. The Balaban J connectivity index is 1.77. The molecule has 0 radical (unpaired) electrons. The second-order valence-corrected chi connectivity index (χ2v) is 12.8. The second kappa shape index (κ2) is 6.99. The molecule has 3 rings (SSSR count). The van der Waals surface area contributed by atoms with Crippen LogP contribution in [0.25, 0.3) is 11.1 Å². The molecule has 3 heteroatoms. The van der Waals surface area contributed by atoms with Gasteiger partial charge >= 0.3 is 150 Å². The summed E-state index contributed by atoms with van der Waals surface area (Å²) < 4.78 is 2.87. The van der Waals surface area contributed by atoms with Gasteiger partial charge in [0.1, 0.15) is 0 Å². The van der Waals surface area contributed by atoms with E-state index in [0.717, 1.165) is 5.19 Å². The normalized spacial score (nSPS) is 11.6. The first-order chi connectivity index (χ1) is 11.0. The number of benzene rings is 3. The van der Waals surface area contributed by atoms with E-state index < -0.39 is 8.32 Å². The van der Waals surface area contributed by atoms with Crippen molar-refractivity contribution in [3.8, 4) is 11.1 Å². The fraction of sp³-hybridized carbons (Fsp3) is 0.100. The van der Waals surface area contributed by atoms with Gasteiger partial charge in [0.25, 0.3) is 0 Å². The number of rotatable bonds is 4. The molecule has 1 nitrogen and oxygen atoms in total. The predicted molar refractivity (Wildman–Crippen MR) is 95.0 cm³/mol. The average molecular weight is 431 g/mol. The summed E-state index contributed by atoms with van der Waals surface area (Å²) in [7, 11) is -2.21. The van der Waals surface area contributed by atoms with Gasteiger partial charge in [0.05, 0.1) is 0 Å². The predicted octanol–water partition coefficient (Wildman–Crippen LogP) is 0.886. The molecule has 0 aliphatic heterocycles. The van der Waals surface area contributed by atoms with Crippen LogP contribution in [0.3, 0.4) is 0 Å². The summed E-state index contributed by atoms with van der Waals surface area (Å²) in [6.45, 7) is 3.90. The first-order valence-corrected chi connectivity index (χ1v) is 12.8. The van der Waals surface area contributed by atoms with Crippen LogP contribution >= 0.6 is 0 Å². The summed E-state index contributed by atoms with van der Waals surface area (Å²) >= 11 is -0.103. The molecule has 3 aromatic rings. The van der Waals surface area contributed by atoms with E-state index >= 15 is 0 Å². The molecule has 0 atom stereocenters. The van der Waals surface area contributed by atoms with Crippen LogP contribution in [0.4, 0.5) is 0 Å². The second-order valence-electron chi connectivity index (χ2n) is 6.03. The van der Waals surface area contributed by atoms with Gasteiger partial charge in [0, 0.05) is 0 Å². The summed E-state index contributed by atoms with van der Waals surface area (Å²) in [5.41, 5.74) is 2.44.